The number of hydrogen-bond acceptors (Lipinski definition) is 6. The molecule has 0 radical (unpaired) electrons. The Hall–Kier alpha value is -3.26. The number of amides is 2. The smallest absolute Gasteiger partial charge is 0.232 e. The predicted octanol–water partition coefficient (Wildman–Crippen LogP) is 3.67. The van der Waals surface area contributed by atoms with Gasteiger partial charge in [0.2, 0.25) is 11.8 Å². The van der Waals surface area contributed by atoms with Gasteiger partial charge in [-0.1, -0.05) is 30.3 Å². The largest absolute Gasteiger partial charge is 0.490 e. The maximum atomic E-state index is 12.4. The molecule has 0 fully saturated rings. The third kappa shape index (κ3) is 7.49. The number of anilines is 1. The Kier molecular flexibility index (Phi) is 7.72. The van der Waals surface area contributed by atoms with Crippen LogP contribution in [0.5, 0.6) is 5.75 Å². The normalized spacial score (nSPS) is 11.6. The van der Waals surface area contributed by atoms with E-state index in [2.05, 4.69) is 32.7 Å². The van der Waals surface area contributed by atoms with Crippen LogP contribution in [0.4, 0.5) is 5.13 Å². The number of benzene rings is 1. The number of pyridine rings is 1. The Bertz CT molecular complexity index is 1040. The number of nitrogens with one attached hydrogen (secondary N) is 2. The summed E-state index contributed by atoms with van der Waals surface area (Å²) >= 11 is 1.42. The molecule has 0 aliphatic rings. The van der Waals surface area contributed by atoms with Gasteiger partial charge in [0, 0.05) is 36.6 Å². The van der Waals surface area contributed by atoms with Gasteiger partial charge >= 0.3 is 0 Å². The fourth-order valence-electron chi connectivity index (χ4n) is 3.04. The van der Waals surface area contributed by atoms with E-state index in [-0.39, 0.29) is 30.9 Å². The molecule has 0 spiro atoms. The highest BCUT2D eigenvalue weighted by atomic mass is 32.1. The summed E-state index contributed by atoms with van der Waals surface area (Å²) in [5.41, 5.74) is 2.38. The fraction of sp³-hybridized carbons (Fsp3) is 0.304. The van der Waals surface area contributed by atoms with E-state index >= 15 is 0 Å². The fourth-order valence-corrected chi connectivity index (χ4v) is 3.72. The molecule has 0 aliphatic carbocycles. The Morgan fingerprint density at radius 1 is 1.16 bits per heavy atom. The van der Waals surface area contributed by atoms with Crippen molar-refractivity contribution in [3.05, 3.63) is 70.5 Å². The number of ether oxygens (including phenoxy) is 1. The molecule has 0 saturated carbocycles. The lowest BCUT2D eigenvalue weighted by atomic mass is 10.1. The van der Waals surface area contributed by atoms with Gasteiger partial charge in [-0.15, -0.1) is 11.3 Å². The molecule has 8 heteroatoms. The Morgan fingerprint density at radius 3 is 2.58 bits per heavy atom. The number of aryl methyl sites for hydroxylation is 1. The molecule has 0 bridgehead atoms. The predicted molar refractivity (Wildman–Crippen MR) is 121 cm³/mol. The summed E-state index contributed by atoms with van der Waals surface area (Å²) in [6.07, 6.45) is 2.48. The molecular weight excluding hydrogens is 412 g/mol. The van der Waals surface area contributed by atoms with Crippen molar-refractivity contribution in [2.75, 3.05) is 5.32 Å². The first-order valence-corrected chi connectivity index (χ1v) is 10.9. The molecule has 31 heavy (non-hydrogen) atoms. The lowest BCUT2D eigenvalue weighted by Crippen LogP contribution is -2.21. The summed E-state index contributed by atoms with van der Waals surface area (Å²) < 4.78 is 6.11. The number of thiazole rings is 1. The van der Waals surface area contributed by atoms with Crippen LogP contribution < -0.4 is 15.4 Å². The van der Waals surface area contributed by atoms with E-state index in [1.165, 1.54) is 23.8 Å². The summed E-state index contributed by atoms with van der Waals surface area (Å²) in [5, 5.41) is 6.09. The van der Waals surface area contributed by atoms with Gasteiger partial charge in [0.25, 0.3) is 0 Å². The average molecular weight is 439 g/mol. The van der Waals surface area contributed by atoms with E-state index < -0.39 is 0 Å². The highest BCUT2D eigenvalue weighted by molar-refractivity contribution is 7.15. The zero-order chi connectivity index (χ0) is 22.2. The van der Waals surface area contributed by atoms with Gasteiger partial charge in [0.05, 0.1) is 30.5 Å². The van der Waals surface area contributed by atoms with E-state index in [1.54, 1.807) is 18.3 Å². The molecule has 2 aromatic heterocycles. The van der Waals surface area contributed by atoms with Gasteiger partial charge in [0.15, 0.2) is 5.13 Å². The van der Waals surface area contributed by atoms with Gasteiger partial charge in [-0.05, 0) is 19.4 Å². The second-order valence-corrected chi connectivity index (χ2v) is 8.55. The van der Waals surface area contributed by atoms with E-state index in [0.717, 1.165) is 11.3 Å². The van der Waals surface area contributed by atoms with E-state index in [0.29, 0.717) is 22.3 Å². The molecule has 162 valence electrons. The van der Waals surface area contributed by atoms with Crippen molar-refractivity contribution in [3.63, 3.8) is 0 Å². The van der Waals surface area contributed by atoms with Gasteiger partial charge in [0.1, 0.15) is 5.75 Å². The number of carbonyl (C=O) groups excluding carboxylic acids is 2. The summed E-state index contributed by atoms with van der Waals surface area (Å²) in [6, 6.07) is 13.7. The zero-order valence-corrected chi connectivity index (χ0v) is 18.7. The Morgan fingerprint density at radius 2 is 1.90 bits per heavy atom. The number of aromatic nitrogens is 2. The molecule has 0 unspecified atom stereocenters. The first kappa shape index (κ1) is 22.4. The highest BCUT2D eigenvalue weighted by Gasteiger charge is 2.13. The van der Waals surface area contributed by atoms with Crippen molar-refractivity contribution in [3.8, 4) is 5.75 Å². The Labute approximate surface area is 185 Å². The molecule has 1 aromatic carbocycles. The van der Waals surface area contributed by atoms with E-state index in [1.807, 2.05) is 32.0 Å². The maximum absolute atomic E-state index is 12.4. The van der Waals surface area contributed by atoms with Crippen LogP contribution in [-0.4, -0.2) is 27.9 Å². The quantitative estimate of drug-likeness (QED) is 0.532. The molecule has 0 aliphatic heterocycles. The average Bonchev–Trinajstić information content (AvgIpc) is 3.11. The third-order valence-corrected chi connectivity index (χ3v) is 5.16. The first-order chi connectivity index (χ1) is 14.9. The minimum Gasteiger partial charge on any atom is -0.490 e. The molecule has 2 N–H and O–H groups in total. The van der Waals surface area contributed by atoms with Crippen molar-refractivity contribution >= 4 is 28.3 Å². The Balaban J connectivity index is 1.71. The van der Waals surface area contributed by atoms with Crippen molar-refractivity contribution in [2.45, 2.75) is 46.3 Å². The van der Waals surface area contributed by atoms with Crippen molar-refractivity contribution in [1.29, 1.82) is 0 Å². The van der Waals surface area contributed by atoms with Crippen LogP contribution in [0.3, 0.4) is 0 Å². The topological polar surface area (TPSA) is 93.2 Å². The second kappa shape index (κ2) is 10.7. The summed E-state index contributed by atoms with van der Waals surface area (Å²) in [4.78, 5) is 33.4. The number of carbonyl (C=O) groups is 2. The maximum Gasteiger partial charge on any atom is 0.232 e. The lowest BCUT2D eigenvalue weighted by molar-refractivity contribution is -0.119. The minimum atomic E-state index is -0.207. The summed E-state index contributed by atoms with van der Waals surface area (Å²) in [6.45, 7) is 5.64. The van der Waals surface area contributed by atoms with Crippen LogP contribution in [0.1, 0.15) is 35.7 Å². The van der Waals surface area contributed by atoms with E-state index in [9.17, 15) is 9.59 Å². The van der Waals surface area contributed by atoms with Crippen LogP contribution in [0.2, 0.25) is 0 Å². The van der Waals surface area contributed by atoms with E-state index in [4.69, 9.17) is 4.74 Å². The first-order valence-electron chi connectivity index (χ1n) is 10.0. The lowest BCUT2D eigenvalue weighted by Gasteiger charge is -2.16. The van der Waals surface area contributed by atoms with Crippen molar-refractivity contribution < 1.29 is 14.3 Å². The summed E-state index contributed by atoms with van der Waals surface area (Å²) in [5.74, 6) is 0.262. The van der Waals surface area contributed by atoms with Crippen LogP contribution in [-0.2, 0) is 29.0 Å². The van der Waals surface area contributed by atoms with Crippen molar-refractivity contribution in [2.24, 2.45) is 0 Å². The SMILES string of the molecule is CC(=O)NCc1cc(O[C@@H](C)Cc2ccccc2)cc(CC(=O)Nc2ncc(C)s2)n1. The monoisotopic (exact) mass is 438 g/mol. The molecule has 2 amide bonds. The molecule has 7 nitrogen and oxygen atoms in total. The number of rotatable bonds is 9. The van der Waals surface area contributed by atoms with Crippen molar-refractivity contribution in [1.82, 2.24) is 15.3 Å². The van der Waals surface area contributed by atoms with Crippen LogP contribution >= 0.6 is 11.3 Å². The molecule has 3 aromatic rings. The number of hydrogen-bond donors (Lipinski definition) is 2. The van der Waals surface area contributed by atoms with Gasteiger partial charge in [-0.3, -0.25) is 14.6 Å². The zero-order valence-electron chi connectivity index (χ0n) is 17.8. The molecule has 2 heterocycles. The molecule has 3 rings (SSSR count). The van der Waals surface area contributed by atoms with Crippen LogP contribution in [0, 0.1) is 6.92 Å². The molecular formula is C23H26N4O3S. The number of nitrogens with zero attached hydrogens (tertiary/aromatic N) is 2. The van der Waals surface area contributed by atoms with Crippen LogP contribution in [0.15, 0.2) is 48.7 Å². The van der Waals surface area contributed by atoms with Gasteiger partial charge < -0.3 is 15.4 Å². The minimum absolute atomic E-state index is 0.0709. The van der Waals surface area contributed by atoms with Gasteiger partial charge in [-0.2, -0.15) is 0 Å². The third-order valence-electron chi connectivity index (χ3n) is 4.34. The van der Waals surface area contributed by atoms with Crippen LogP contribution in [0.25, 0.3) is 0 Å². The summed E-state index contributed by atoms with van der Waals surface area (Å²) in [7, 11) is 0. The molecule has 0 saturated heterocycles. The second-order valence-electron chi connectivity index (χ2n) is 7.31. The highest BCUT2D eigenvalue weighted by Crippen LogP contribution is 2.20. The van der Waals surface area contributed by atoms with Gasteiger partial charge in [-0.25, -0.2) is 4.98 Å². The standard InChI is InChI=1S/C23H26N4O3S/c1-15(9-18-7-5-4-6-8-18)30-21-10-19(26-20(11-21)14-24-17(3)28)12-22(29)27-23-25-13-16(2)31-23/h4-8,10-11,13,15H,9,12,14H2,1-3H3,(H,24,28)(H,25,27,29)/t15-/m0/s1. The molecule has 1 atom stereocenters.